The van der Waals surface area contributed by atoms with Gasteiger partial charge >= 0.3 is 0 Å². The van der Waals surface area contributed by atoms with Crippen LogP contribution in [0.3, 0.4) is 0 Å². The van der Waals surface area contributed by atoms with Crippen molar-refractivity contribution in [2.75, 3.05) is 18.4 Å². The van der Waals surface area contributed by atoms with Gasteiger partial charge in [-0.2, -0.15) is 5.26 Å². The lowest BCUT2D eigenvalue weighted by Crippen LogP contribution is -2.29. The number of carbonyl (C=O) groups is 1. The van der Waals surface area contributed by atoms with Crippen molar-refractivity contribution in [3.05, 3.63) is 83.8 Å². The SMILES string of the molecule is N#Cc1c(F)cccc1NCCNC(=O)c1cccnc1Oc1ccccc1. The van der Waals surface area contributed by atoms with Gasteiger partial charge in [0.2, 0.25) is 5.88 Å². The number of para-hydroxylation sites is 1. The summed E-state index contributed by atoms with van der Waals surface area (Å²) in [5, 5.41) is 14.7. The fourth-order valence-corrected chi connectivity index (χ4v) is 2.50. The van der Waals surface area contributed by atoms with Crippen LogP contribution in [0.15, 0.2) is 66.9 Å². The van der Waals surface area contributed by atoms with E-state index in [0.29, 0.717) is 23.5 Å². The zero-order valence-electron chi connectivity index (χ0n) is 14.9. The van der Waals surface area contributed by atoms with E-state index in [0.717, 1.165) is 0 Å². The number of anilines is 1. The number of amides is 1. The molecule has 1 aromatic heterocycles. The number of nitrogens with one attached hydrogen (secondary N) is 2. The van der Waals surface area contributed by atoms with Crippen molar-refractivity contribution in [2.45, 2.75) is 0 Å². The van der Waals surface area contributed by atoms with Gasteiger partial charge in [-0.1, -0.05) is 24.3 Å². The van der Waals surface area contributed by atoms with Gasteiger partial charge in [0.25, 0.3) is 5.91 Å². The van der Waals surface area contributed by atoms with Gasteiger partial charge in [0.1, 0.15) is 28.8 Å². The quantitative estimate of drug-likeness (QED) is 0.614. The molecule has 0 atom stereocenters. The Morgan fingerprint density at radius 3 is 2.68 bits per heavy atom. The van der Waals surface area contributed by atoms with Gasteiger partial charge in [-0.3, -0.25) is 4.79 Å². The van der Waals surface area contributed by atoms with Crippen molar-refractivity contribution in [2.24, 2.45) is 0 Å². The van der Waals surface area contributed by atoms with Gasteiger partial charge in [0.15, 0.2) is 0 Å². The fraction of sp³-hybridized carbons (Fsp3) is 0.0952. The van der Waals surface area contributed by atoms with E-state index < -0.39 is 5.82 Å². The van der Waals surface area contributed by atoms with Gasteiger partial charge in [0, 0.05) is 19.3 Å². The average molecular weight is 376 g/mol. The monoisotopic (exact) mass is 376 g/mol. The molecule has 0 radical (unpaired) electrons. The molecule has 0 spiro atoms. The number of halogens is 1. The summed E-state index contributed by atoms with van der Waals surface area (Å²) in [6.45, 7) is 0.582. The molecule has 3 rings (SSSR count). The van der Waals surface area contributed by atoms with Gasteiger partial charge in [-0.15, -0.1) is 0 Å². The summed E-state index contributed by atoms with van der Waals surface area (Å²) >= 11 is 0. The Morgan fingerprint density at radius 2 is 1.89 bits per heavy atom. The third-order valence-electron chi connectivity index (χ3n) is 3.82. The van der Waals surface area contributed by atoms with Crippen molar-refractivity contribution >= 4 is 11.6 Å². The lowest BCUT2D eigenvalue weighted by Gasteiger charge is -2.11. The summed E-state index contributed by atoms with van der Waals surface area (Å²) < 4.78 is 19.3. The molecule has 0 unspecified atom stereocenters. The number of benzene rings is 2. The van der Waals surface area contributed by atoms with Crippen LogP contribution in [0.25, 0.3) is 0 Å². The first-order chi connectivity index (χ1) is 13.7. The average Bonchev–Trinajstić information content (AvgIpc) is 2.72. The molecule has 0 aliphatic heterocycles. The number of pyridine rings is 1. The molecule has 0 saturated carbocycles. The maximum Gasteiger partial charge on any atom is 0.256 e. The van der Waals surface area contributed by atoms with E-state index in [1.807, 2.05) is 24.3 Å². The lowest BCUT2D eigenvalue weighted by molar-refractivity contribution is 0.0952. The highest BCUT2D eigenvalue weighted by molar-refractivity contribution is 5.96. The Kier molecular flexibility index (Phi) is 6.16. The van der Waals surface area contributed by atoms with Crippen molar-refractivity contribution in [1.82, 2.24) is 10.3 Å². The van der Waals surface area contributed by atoms with Crippen LogP contribution in [0.2, 0.25) is 0 Å². The van der Waals surface area contributed by atoms with Gasteiger partial charge in [0.05, 0.1) is 5.69 Å². The molecular weight excluding hydrogens is 359 g/mol. The molecule has 3 aromatic rings. The number of carbonyl (C=O) groups excluding carboxylic acids is 1. The van der Waals surface area contributed by atoms with E-state index in [2.05, 4.69) is 15.6 Å². The fourth-order valence-electron chi connectivity index (χ4n) is 2.50. The number of rotatable bonds is 7. The van der Waals surface area contributed by atoms with Crippen LogP contribution in [-0.2, 0) is 0 Å². The van der Waals surface area contributed by atoms with Gasteiger partial charge in [-0.25, -0.2) is 9.37 Å². The zero-order valence-corrected chi connectivity index (χ0v) is 14.9. The van der Waals surface area contributed by atoms with E-state index >= 15 is 0 Å². The lowest BCUT2D eigenvalue weighted by atomic mass is 10.2. The number of hydrogen-bond donors (Lipinski definition) is 2. The second-order valence-corrected chi connectivity index (χ2v) is 5.73. The predicted molar refractivity (Wildman–Crippen MR) is 103 cm³/mol. The largest absolute Gasteiger partial charge is 0.438 e. The molecule has 0 aliphatic carbocycles. The van der Waals surface area contributed by atoms with Crippen LogP contribution in [0.4, 0.5) is 10.1 Å². The molecule has 2 N–H and O–H groups in total. The zero-order chi connectivity index (χ0) is 19.8. The molecule has 0 fully saturated rings. The molecule has 7 heteroatoms. The van der Waals surface area contributed by atoms with Crippen LogP contribution in [0, 0.1) is 17.1 Å². The highest BCUT2D eigenvalue weighted by atomic mass is 19.1. The molecule has 0 aliphatic rings. The number of hydrogen-bond acceptors (Lipinski definition) is 5. The third kappa shape index (κ3) is 4.62. The van der Waals surface area contributed by atoms with Crippen molar-refractivity contribution in [3.63, 3.8) is 0 Å². The second kappa shape index (κ2) is 9.14. The van der Waals surface area contributed by atoms with Crippen molar-refractivity contribution < 1.29 is 13.9 Å². The Bertz CT molecular complexity index is 1000. The van der Waals surface area contributed by atoms with E-state index in [4.69, 9.17) is 10.00 Å². The topological polar surface area (TPSA) is 87.0 Å². The molecule has 28 heavy (non-hydrogen) atoms. The Labute approximate surface area is 161 Å². The Morgan fingerprint density at radius 1 is 1.07 bits per heavy atom. The summed E-state index contributed by atoms with van der Waals surface area (Å²) in [4.78, 5) is 16.6. The van der Waals surface area contributed by atoms with Crippen LogP contribution in [-0.4, -0.2) is 24.0 Å². The molecule has 1 heterocycles. The molecule has 140 valence electrons. The summed E-state index contributed by atoms with van der Waals surface area (Å²) in [7, 11) is 0. The number of aromatic nitrogens is 1. The van der Waals surface area contributed by atoms with Crippen LogP contribution in [0.1, 0.15) is 15.9 Å². The van der Waals surface area contributed by atoms with E-state index in [1.165, 1.54) is 12.1 Å². The van der Waals surface area contributed by atoms with Gasteiger partial charge in [-0.05, 0) is 36.4 Å². The van der Waals surface area contributed by atoms with E-state index in [1.54, 1.807) is 36.5 Å². The van der Waals surface area contributed by atoms with Crippen molar-refractivity contribution in [3.8, 4) is 17.7 Å². The van der Waals surface area contributed by atoms with Crippen LogP contribution >= 0.6 is 0 Å². The molecular formula is C21H17FN4O2. The van der Waals surface area contributed by atoms with E-state index in [9.17, 15) is 9.18 Å². The summed E-state index contributed by atoms with van der Waals surface area (Å²) in [6.07, 6.45) is 1.55. The highest BCUT2D eigenvalue weighted by Gasteiger charge is 2.14. The maximum absolute atomic E-state index is 13.6. The predicted octanol–water partition coefficient (Wildman–Crippen LogP) is 3.73. The standard InChI is InChI=1S/C21H17FN4O2/c22-18-9-4-10-19(17(18)14-23)24-12-13-25-20(27)16-8-5-11-26-21(16)28-15-6-2-1-3-7-15/h1-11,24H,12-13H2,(H,25,27). The minimum absolute atomic E-state index is 0.0559. The normalized spacial score (nSPS) is 10.0. The number of ether oxygens (including phenoxy) is 1. The van der Waals surface area contributed by atoms with Crippen molar-refractivity contribution in [1.29, 1.82) is 5.26 Å². The minimum atomic E-state index is -0.588. The van der Waals surface area contributed by atoms with Crippen LogP contribution < -0.4 is 15.4 Å². The molecule has 0 bridgehead atoms. The first-order valence-electron chi connectivity index (χ1n) is 8.57. The third-order valence-corrected chi connectivity index (χ3v) is 3.82. The summed E-state index contributed by atoms with van der Waals surface area (Å²) in [5.74, 6) is -0.154. The first-order valence-corrected chi connectivity index (χ1v) is 8.57. The highest BCUT2D eigenvalue weighted by Crippen LogP contribution is 2.22. The summed E-state index contributed by atoms with van der Waals surface area (Å²) in [6, 6.07) is 18.5. The first kappa shape index (κ1) is 18.9. The smallest absolute Gasteiger partial charge is 0.256 e. The number of nitriles is 1. The Hall–Kier alpha value is -3.92. The van der Waals surface area contributed by atoms with E-state index in [-0.39, 0.29) is 23.9 Å². The van der Waals surface area contributed by atoms with Crippen LogP contribution in [0.5, 0.6) is 11.6 Å². The maximum atomic E-state index is 13.6. The molecule has 1 amide bonds. The Balaban J connectivity index is 1.59. The molecule has 6 nitrogen and oxygen atoms in total. The minimum Gasteiger partial charge on any atom is -0.438 e. The molecule has 2 aromatic carbocycles. The van der Waals surface area contributed by atoms with Gasteiger partial charge < -0.3 is 15.4 Å². The number of nitrogens with zero attached hydrogens (tertiary/aromatic N) is 2. The summed E-state index contributed by atoms with van der Waals surface area (Å²) in [5.41, 5.74) is 0.626. The molecule has 0 saturated heterocycles. The second-order valence-electron chi connectivity index (χ2n) is 5.73.